The van der Waals surface area contributed by atoms with Crippen molar-refractivity contribution < 1.29 is 18.7 Å². The van der Waals surface area contributed by atoms with E-state index in [1.54, 1.807) is 10.9 Å². The zero-order chi connectivity index (χ0) is 17.1. The Bertz CT molecular complexity index is 712. The standard InChI is InChI=1S/C13H22N5O4P/c1-13(2,3)6-22-23(19,20)9-21-5-4-18-8-17-10-11(14)15-7-16-12(10)18/h7-8H,4-6,9H2,1-3H3,(H,19,20)(H2,14,15,16). The molecule has 1 atom stereocenters. The lowest BCUT2D eigenvalue weighted by Crippen LogP contribution is -2.15. The number of nitrogens with two attached hydrogens (primary N) is 1. The molecule has 23 heavy (non-hydrogen) atoms. The van der Waals surface area contributed by atoms with Gasteiger partial charge in [0, 0.05) is 6.54 Å². The monoisotopic (exact) mass is 343 g/mol. The molecule has 2 rings (SSSR count). The van der Waals surface area contributed by atoms with E-state index in [0.29, 0.717) is 23.5 Å². The Kier molecular flexibility index (Phi) is 5.36. The van der Waals surface area contributed by atoms with Crippen LogP contribution in [0.1, 0.15) is 20.8 Å². The third-order valence-electron chi connectivity index (χ3n) is 2.86. The van der Waals surface area contributed by atoms with Crippen molar-refractivity contribution in [3.8, 4) is 0 Å². The molecule has 1 unspecified atom stereocenters. The van der Waals surface area contributed by atoms with Crippen LogP contribution in [0.15, 0.2) is 12.7 Å². The molecule has 0 saturated carbocycles. The zero-order valence-corrected chi connectivity index (χ0v) is 14.4. The van der Waals surface area contributed by atoms with Gasteiger partial charge in [0.1, 0.15) is 18.2 Å². The van der Waals surface area contributed by atoms with Crippen LogP contribution in [0.2, 0.25) is 0 Å². The first-order valence-electron chi connectivity index (χ1n) is 7.13. The zero-order valence-electron chi connectivity index (χ0n) is 13.5. The van der Waals surface area contributed by atoms with Gasteiger partial charge in [0.25, 0.3) is 0 Å². The molecule has 0 aliphatic heterocycles. The van der Waals surface area contributed by atoms with Crippen LogP contribution < -0.4 is 5.73 Å². The molecule has 0 aliphatic carbocycles. The predicted octanol–water partition coefficient (Wildman–Crippen LogP) is 1.63. The van der Waals surface area contributed by atoms with E-state index in [2.05, 4.69) is 15.0 Å². The van der Waals surface area contributed by atoms with Crippen molar-refractivity contribution in [2.75, 3.05) is 25.3 Å². The molecule has 3 N–H and O–H groups in total. The molecule has 0 amide bonds. The highest BCUT2D eigenvalue weighted by molar-refractivity contribution is 7.52. The second-order valence-corrected chi connectivity index (χ2v) is 8.17. The van der Waals surface area contributed by atoms with Gasteiger partial charge in [0.05, 0.1) is 19.5 Å². The number of fused-ring (bicyclic) bond motifs is 1. The van der Waals surface area contributed by atoms with Gasteiger partial charge in [-0.15, -0.1) is 0 Å². The lowest BCUT2D eigenvalue weighted by atomic mass is 9.99. The highest BCUT2D eigenvalue weighted by atomic mass is 31.2. The summed E-state index contributed by atoms with van der Waals surface area (Å²) in [6.07, 6.45) is 2.58. The summed E-state index contributed by atoms with van der Waals surface area (Å²) in [5.74, 6) is 0.310. The summed E-state index contributed by atoms with van der Waals surface area (Å²) in [5, 5.41) is 0. The molecule has 10 heteroatoms. The van der Waals surface area contributed by atoms with Gasteiger partial charge < -0.3 is 24.5 Å². The Balaban J connectivity index is 1.83. The lowest BCUT2D eigenvalue weighted by Gasteiger charge is -2.20. The first-order valence-corrected chi connectivity index (χ1v) is 8.90. The third-order valence-corrected chi connectivity index (χ3v) is 3.90. The van der Waals surface area contributed by atoms with E-state index in [-0.39, 0.29) is 25.0 Å². The van der Waals surface area contributed by atoms with Crippen LogP contribution in [0, 0.1) is 5.41 Å². The van der Waals surface area contributed by atoms with Crippen molar-refractivity contribution >= 4 is 24.6 Å². The minimum Gasteiger partial charge on any atom is -0.382 e. The molecule has 2 heterocycles. The number of nitrogen functional groups attached to an aromatic ring is 1. The van der Waals surface area contributed by atoms with E-state index in [9.17, 15) is 9.46 Å². The molecule has 128 valence electrons. The Morgan fingerprint density at radius 1 is 1.35 bits per heavy atom. The van der Waals surface area contributed by atoms with E-state index in [1.807, 2.05) is 20.8 Å². The quantitative estimate of drug-likeness (QED) is 0.574. The van der Waals surface area contributed by atoms with Gasteiger partial charge in [-0.1, -0.05) is 20.8 Å². The molecule has 0 fully saturated rings. The number of aromatic nitrogens is 4. The van der Waals surface area contributed by atoms with Crippen LogP contribution in [0.25, 0.3) is 11.2 Å². The van der Waals surface area contributed by atoms with Gasteiger partial charge >= 0.3 is 7.60 Å². The summed E-state index contributed by atoms with van der Waals surface area (Å²) in [6.45, 7) is 6.60. The van der Waals surface area contributed by atoms with Crippen molar-refractivity contribution in [3.63, 3.8) is 0 Å². The van der Waals surface area contributed by atoms with E-state index >= 15 is 0 Å². The fourth-order valence-corrected chi connectivity index (χ4v) is 2.76. The second-order valence-electron chi connectivity index (χ2n) is 6.38. The Morgan fingerprint density at radius 3 is 2.78 bits per heavy atom. The van der Waals surface area contributed by atoms with Crippen LogP contribution in [-0.2, 0) is 20.4 Å². The molecule has 0 saturated heterocycles. The normalized spacial score (nSPS) is 15.0. The smallest absolute Gasteiger partial charge is 0.353 e. The molecule has 2 aromatic heterocycles. The SMILES string of the molecule is CC(C)(C)COP(=O)(O)COCCn1cnc2c(N)ncnc21. The lowest BCUT2D eigenvalue weighted by molar-refractivity contribution is 0.121. The van der Waals surface area contributed by atoms with Gasteiger partial charge in [0.15, 0.2) is 11.5 Å². The van der Waals surface area contributed by atoms with E-state index in [0.717, 1.165) is 0 Å². The van der Waals surface area contributed by atoms with Crippen LogP contribution >= 0.6 is 7.60 Å². The van der Waals surface area contributed by atoms with Crippen LogP contribution in [0.3, 0.4) is 0 Å². The maximum absolute atomic E-state index is 11.8. The maximum atomic E-state index is 11.8. The average molecular weight is 343 g/mol. The number of rotatable bonds is 7. The van der Waals surface area contributed by atoms with Crippen molar-refractivity contribution in [1.82, 2.24) is 19.5 Å². The topological polar surface area (TPSA) is 125 Å². The number of imidazole rings is 1. The van der Waals surface area contributed by atoms with Crippen LogP contribution in [-0.4, -0.2) is 44.0 Å². The van der Waals surface area contributed by atoms with Crippen LogP contribution in [0.4, 0.5) is 5.82 Å². The summed E-state index contributed by atoms with van der Waals surface area (Å²) in [5.41, 5.74) is 6.64. The second kappa shape index (κ2) is 6.92. The summed E-state index contributed by atoms with van der Waals surface area (Å²) in [6, 6.07) is 0. The Labute approximate surface area is 134 Å². The molecule has 0 bridgehead atoms. The summed E-state index contributed by atoms with van der Waals surface area (Å²) in [4.78, 5) is 21.8. The minimum atomic E-state index is -3.74. The van der Waals surface area contributed by atoms with E-state index < -0.39 is 7.60 Å². The van der Waals surface area contributed by atoms with Crippen molar-refractivity contribution in [2.45, 2.75) is 27.3 Å². The molecule has 0 radical (unpaired) electrons. The number of anilines is 1. The molecule has 9 nitrogen and oxygen atoms in total. The molecular formula is C13H22N5O4P. The van der Waals surface area contributed by atoms with Crippen molar-refractivity contribution in [1.29, 1.82) is 0 Å². The average Bonchev–Trinajstić information content (AvgIpc) is 2.86. The summed E-state index contributed by atoms with van der Waals surface area (Å²) >= 11 is 0. The van der Waals surface area contributed by atoms with E-state index in [1.165, 1.54) is 6.33 Å². The van der Waals surface area contributed by atoms with Crippen molar-refractivity contribution in [2.24, 2.45) is 5.41 Å². The van der Waals surface area contributed by atoms with Gasteiger partial charge in [-0.3, -0.25) is 4.57 Å². The number of hydrogen-bond donors (Lipinski definition) is 2. The Morgan fingerprint density at radius 2 is 2.09 bits per heavy atom. The molecule has 0 spiro atoms. The molecular weight excluding hydrogens is 321 g/mol. The fourth-order valence-electron chi connectivity index (χ4n) is 1.74. The molecule has 2 aromatic rings. The van der Waals surface area contributed by atoms with Crippen LogP contribution in [0.5, 0.6) is 0 Å². The highest BCUT2D eigenvalue weighted by Crippen LogP contribution is 2.43. The minimum absolute atomic E-state index is 0.187. The van der Waals surface area contributed by atoms with Gasteiger partial charge in [-0.05, 0) is 5.41 Å². The summed E-state index contributed by atoms with van der Waals surface area (Å²) in [7, 11) is -3.74. The molecule has 0 aliphatic rings. The number of nitrogens with zero attached hydrogens (tertiary/aromatic N) is 4. The third kappa shape index (κ3) is 5.24. The number of ether oxygens (including phenoxy) is 1. The fraction of sp³-hybridized carbons (Fsp3) is 0.615. The summed E-state index contributed by atoms with van der Waals surface area (Å²) < 4.78 is 23.9. The van der Waals surface area contributed by atoms with Crippen molar-refractivity contribution in [3.05, 3.63) is 12.7 Å². The molecule has 0 aromatic carbocycles. The van der Waals surface area contributed by atoms with Gasteiger partial charge in [-0.2, -0.15) is 0 Å². The largest absolute Gasteiger partial charge is 0.382 e. The maximum Gasteiger partial charge on any atom is 0.353 e. The highest BCUT2D eigenvalue weighted by Gasteiger charge is 2.23. The first kappa shape index (κ1) is 17.8. The van der Waals surface area contributed by atoms with E-state index in [4.69, 9.17) is 15.0 Å². The number of hydrogen-bond acceptors (Lipinski definition) is 7. The Hall–Kier alpha value is -1.54. The first-order chi connectivity index (χ1) is 10.7. The predicted molar refractivity (Wildman–Crippen MR) is 85.8 cm³/mol. The van der Waals surface area contributed by atoms with Gasteiger partial charge in [-0.25, -0.2) is 15.0 Å². The van der Waals surface area contributed by atoms with Gasteiger partial charge in [0.2, 0.25) is 0 Å².